The number of methoxy groups -OCH3 is 3. The molecule has 5 amide bonds. The smallest absolute Gasteiger partial charge is 0.411 e. The van der Waals surface area contributed by atoms with Crippen LogP contribution in [-0.4, -0.2) is 390 Å². The minimum Gasteiger partial charge on any atom is -0.490 e. The average molecular weight is 2190 g/mol. The van der Waals surface area contributed by atoms with Crippen molar-refractivity contribution in [1.82, 2.24) is 60.4 Å². The number of carboxylic acids is 1. The lowest BCUT2D eigenvalue weighted by atomic mass is 10.2. The quantitative estimate of drug-likeness (QED) is 0.0170. The number of esters is 3. The lowest BCUT2D eigenvalue weighted by Gasteiger charge is -2.28. The lowest BCUT2D eigenvalue weighted by molar-refractivity contribution is -0.146. The highest BCUT2D eigenvalue weighted by molar-refractivity contribution is 7.86. The van der Waals surface area contributed by atoms with Crippen LogP contribution >= 0.6 is 34.8 Å². The Labute approximate surface area is 873 Å². The number of hydrogen-bond acceptors (Lipinski definition) is 34. The second-order valence-corrected chi connectivity index (χ2v) is 43.6. The Bertz CT molecular complexity index is 5110. The summed E-state index contributed by atoms with van der Waals surface area (Å²) in [7, 11) is 0.187. The topological polar surface area (TPSA) is 510 Å². The number of fused-ring (bicyclic) bond motifs is 1. The van der Waals surface area contributed by atoms with Crippen molar-refractivity contribution in [3.8, 4) is 17.2 Å². The number of carbonyl (C=O) groups is 9. The van der Waals surface area contributed by atoms with E-state index < -0.39 is 172 Å². The summed E-state index contributed by atoms with van der Waals surface area (Å²) in [6.45, 7) is 28.0. The Kier molecular flexibility index (Phi) is 49.8. The number of halogens is 9. The first-order valence-corrected chi connectivity index (χ1v) is 50.9. The molecule has 11 heterocycles. The van der Waals surface area contributed by atoms with Crippen molar-refractivity contribution in [1.29, 1.82) is 0 Å². The number of rotatable bonds is 18. The van der Waals surface area contributed by atoms with E-state index in [1.807, 2.05) is 35.2 Å². The number of anilines is 1. The molecule has 0 spiro atoms. The number of para-hydroxylation sites is 3. The van der Waals surface area contributed by atoms with Gasteiger partial charge in [-0.1, -0.05) is 71.2 Å². The minimum absolute atomic E-state index is 0.0140. The maximum atomic E-state index is 14.0. The summed E-state index contributed by atoms with van der Waals surface area (Å²) >= 11 is 18.0. The van der Waals surface area contributed by atoms with Gasteiger partial charge in [0.05, 0.1) is 144 Å². The summed E-state index contributed by atoms with van der Waals surface area (Å²) in [4.78, 5) is 127. The van der Waals surface area contributed by atoms with E-state index in [-0.39, 0.29) is 121 Å². The minimum atomic E-state index is -3.61. The van der Waals surface area contributed by atoms with Crippen molar-refractivity contribution in [2.24, 2.45) is 0 Å². The number of H-pyrrole nitrogens is 1. The number of nitrogens with zero attached hydrogens (tertiary/aromatic N) is 9. The number of β-amino-alcohol motifs (C(OH)–C–C–N with tert-alkyl or cyclic N) is 3. The maximum absolute atomic E-state index is 14.0. The van der Waals surface area contributed by atoms with Gasteiger partial charge < -0.3 is 103 Å². The summed E-state index contributed by atoms with van der Waals surface area (Å²) in [5, 5.41) is 54.8. The molecule has 2 aromatic heterocycles. The van der Waals surface area contributed by atoms with Crippen LogP contribution in [0.1, 0.15) is 162 Å². The lowest BCUT2D eigenvalue weighted by Crippen LogP contribution is -2.43. The number of hydrogen-bond donors (Lipinski definition) is 9. The summed E-state index contributed by atoms with van der Waals surface area (Å²) < 4.78 is 163. The van der Waals surface area contributed by atoms with E-state index in [9.17, 15) is 83.0 Å². The Morgan fingerprint density at radius 2 is 0.777 bits per heavy atom. The molecule has 9 saturated heterocycles. The molecule has 41 nitrogen and oxygen atoms in total. The van der Waals surface area contributed by atoms with Crippen molar-refractivity contribution in [2.75, 3.05) is 124 Å². The van der Waals surface area contributed by atoms with Gasteiger partial charge >= 0.3 is 54.3 Å². The molecule has 148 heavy (non-hydrogen) atoms. The number of aliphatic hydroxyl groups excluding tert-OH is 4. The maximum Gasteiger partial charge on any atom is 0.411 e. The van der Waals surface area contributed by atoms with E-state index in [1.54, 1.807) is 153 Å². The van der Waals surface area contributed by atoms with Gasteiger partial charge in [-0.05, 0) is 147 Å². The number of ether oxygens (including phenoxy) is 11. The molecule has 0 unspecified atom stereocenters. The molecular formula is C97H144Cl3F6N13O28S. The summed E-state index contributed by atoms with van der Waals surface area (Å²) in [6.07, 6.45) is -4.60. The number of aromatic nitrogens is 4. The highest BCUT2D eigenvalue weighted by atomic mass is 35.5. The molecule has 5 aromatic rings. The number of alkyl halides is 6. The molecule has 0 saturated carbocycles. The molecular weight excluding hydrogens is 2050 g/mol. The fourth-order valence-corrected chi connectivity index (χ4v) is 16.6. The number of carbonyl (C=O) groups excluding carboxylic acids is 8. The third-order valence-electron chi connectivity index (χ3n) is 22.2. The molecule has 834 valence electrons. The number of benzene rings is 3. The van der Waals surface area contributed by atoms with E-state index in [0.29, 0.717) is 108 Å². The van der Waals surface area contributed by atoms with Gasteiger partial charge in [0, 0.05) is 77.0 Å². The molecule has 0 bridgehead atoms. The van der Waals surface area contributed by atoms with Crippen LogP contribution in [-0.2, 0) is 71.4 Å². The first-order chi connectivity index (χ1) is 69.0. The monoisotopic (exact) mass is 2190 g/mol. The van der Waals surface area contributed by atoms with Crippen LogP contribution < -0.4 is 35.1 Å². The van der Waals surface area contributed by atoms with Crippen molar-refractivity contribution < 1.29 is 160 Å². The van der Waals surface area contributed by atoms with E-state index in [4.69, 9.17) is 93.1 Å². The Balaban J connectivity index is 0.000000257. The molecule has 9 aliphatic heterocycles. The zero-order chi connectivity index (χ0) is 111. The zero-order valence-corrected chi connectivity index (χ0v) is 89.8. The Morgan fingerprint density at radius 3 is 1.16 bits per heavy atom. The SMILES string of the molecule is CC(C)(C)OC(=O)N1C[C@@H](F)C[C@@H]1CO.CC(C)(C)OC(=O)N1C[C@@H](F)C[C@@H]1COS(C)(=O)=O.CC(C)(C)OC(=O)N1C[C@@H](F)C[C@@H]1COc1ccccc1Cl.COC(=O)[C@H]1C[C@@H](O)CN1.COC(=O)[C@H]1C[C@@H](O)CN1C(=O)OC(C)(C)C.COC(=O)[C@H]1C[C@H](F)CN1C(=O)OC(C)(C)C.F[C@@H]1CN[C@@H](COc2ccccc2Cl)C1.F[C@H]1C[C@H](COc2ccccc2Cl)N(c2ncnc3nc[nH]c23)C1.O=C(O)[C@H]1C[C@@H](O)CN1. The number of aliphatic hydroxyl groups is 4. The average Bonchev–Trinajstić information content (AvgIpc) is 1.64. The third kappa shape index (κ3) is 44.3. The van der Waals surface area contributed by atoms with E-state index in [1.165, 1.54) is 47.3 Å². The fourth-order valence-electron chi connectivity index (χ4n) is 15.6. The Morgan fingerprint density at radius 1 is 0.412 bits per heavy atom. The molecule has 18 atom stereocenters. The summed E-state index contributed by atoms with van der Waals surface area (Å²) in [5.74, 6) is 0.0895. The largest absolute Gasteiger partial charge is 0.490 e. The molecule has 9 aliphatic rings. The van der Waals surface area contributed by atoms with Gasteiger partial charge in [-0.3, -0.25) is 38.3 Å². The van der Waals surface area contributed by atoms with Crippen LogP contribution in [0.4, 0.5) is 56.1 Å². The van der Waals surface area contributed by atoms with Crippen LogP contribution in [0.2, 0.25) is 15.1 Å². The van der Waals surface area contributed by atoms with Gasteiger partial charge in [0.25, 0.3) is 10.1 Å². The number of aromatic amines is 1. The summed E-state index contributed by atoms with van der Waals surface area (Å²) in [5.41, 5.74) is -1.93. The summed E-state index contributed by atoms with van der Waals surface area (Å²) in [6, 6.07) is 17.6. The predicted octanol–water partition coefficient (Wildman–Crippen LogP) is 11.8. The molecule has 3 aromatic carbocycles. The van der Waals surface area contributed by atoms with Gasteiger partial charge in [0.2, 0.25) is 0 Å². The molecule has 9 fully saturated rings. The molecule has 9 N–H and O–H groups in total. The first kappa shape index (κ1) is 126. The normalized spacial score (nSPS) is 25.0. The second-order valence-electron chi connectivity index (χ2n) is 40.8. The second kappa shape index (κ2) is 58.4. The van der Waals surface area contributed by atoms with E-state index >= 15 is 0 Å². The van der Waals surface area contributed by atoms with Gasteiger partial charge in [-0.25, -0.2) is 74.9 Å². The number of aliphatic carboxylic acids is 1. The van der Waals surface area contributed by atoms with Gasteiger partial charge in [-0.15, -0.1) is 0 Å². The van der Waals surface area contributed by atoms with Crippen LogP contribution in [0, 0.1) is 0 Å². The van der Waals surface area contributed by atoms with Crippen LogP contribution in [0.5, 0.6) is 17.2 Å². The molecule has 51 heteroatoms. The highest BCUT2D eigenvalue weighted by Crippen LogP contribution is 2.35. The number of likely N-dealkylation sites (tertiary alicyclic amines) is 5. The standard InChI is InChI=1S/C16H15ClFN5O.C16H21ClFNO3.C11H13ClFNO.C11H20FNO5S.C11H18FNO4.C11H19NO5.C10H18FNO3.C6H11NO3.C5H9NO3/c17-12-3-1-2-4-13(12)24-7-11-5-10(18)6-23(11)16-14-15(20-8-19-14)21-9-22-16;1-16(2,3)22-15(20)19-9-11(18)8-12(19)10-21-14-7-5-4-6-13(14)17;12-10-3-1-2-4-11(10)15-7-9-5-8(13)6-14-9;1-11(2,3)18-10(14)13-6-8(12)5-9(13)7-17-19(4,15)16;1-11(2,3)17-10(15)13-6-7(12)5-8(13)9(14)16-4;1-11(2,3)17-10(15)12-6-7(13)5-8(12)9(14)16-4;1-10(2,3)15-9(14)12-5-7(11)4-8(12)6-13;1-10-6(9)5-2-4(8)3-7-5;7-3-1-4(5(8)9)6-2-3/h1-4,8-11H,5-7H2,(H,19,20,21,22);4-7,11-12H,8-10H2,1-3H3;1-4,8-9,14H,5-7H2;8-9H,5-7H2,1-4H3;7-8H,5-6H2,1-4H3;7-8,13H,5-6H2,1-4H3;7-8,13H,4-6H2,1-3H3;4-5,7-8H,2-3H2,1H3;3-4,6-7H,1-2H2,(H,8,9)/t10-,11+;11-,12+;2*8-,9+;7-,8+;7-,8-;7-,8+;4-,5-;3-,4-/m000001011/s1. The zero-order valence-electron chi connectivity index (χ0n) is 86.7. The molecule has 14 rings (SSSR count). The van der Waals surface area contributed by atoms with Crippen LogP contribution in [0.25, 0.3) is 11.2 Å². The molecule has 0 radical (unpaired) electrons. The van der Waals surface area contributed by atoms with Crippen molar-refractivity contribution in [3.05, 3.63) is 101 Å². The van der Waals surface area contributed by atoms with E-state index in [2.05, 4.69) is 54.3 Å². The van der Waals surface area contributed by atoms with Crippen LogP contribution in [0.3, 0.4) is 0 Å². The van der Waals surface area contributed by atoms with E-state index in [0.717, 1.165) is 11.2 Å². The predicted molar refractivity (Wildman–Crippen MR) is 533 cm³/mol. The van der Waals surface area contributed by atoms with Crippen molar-refractivity contribution >= 4 is 116 Å². The number of amides is 5. The Hall–Kier alpha value is -10.3. The van der Waals surface area contributed by atoms with Gasteiger partial charge in [0.15, 0.2) is 11.5 Å². The highest BCUT2D eigenvalue weighted by Gasteiger charge is 2.47. The number of carboxylic acid groups (broad SMARTS) is 1. The van der Waals surface area contributed by atoms with Crippen molar-refractivity contribution in [3.63, 3.8) is 0 Å². The van der Waals surface area contributed by atoms with Gasteiger partial charge in [-0.2, -0.15) is 8.42 Å². The number of imidazole rings is 1. The van der Waals surface area contributed by atoms with Crippen molar-refractivity contribution in [2.45, 2.75) is 299 Å². The first-order valence-electron chi connectivity index (χ1n) is 48.0. The number of nitrogens with one attached hydrogen (secondary N) is 4. The molecule has 0 aliphatic carbocycles. The fraction of sp³-hybridized carbons (Fsp3) is 0.670. The van der Waals surface area contributed by atoms with Gasteiger partial charge in [0.1, 0.15) is 138 Å². The third-order valence-corrected chi connectivity index (χ3v) is 23.7. The van der Waals surface area contributed by atoms with Crippen LogP contribution in [0.15, 0.2) is 85.5 Å².